The van der Waals surface area contributed by atoms with Crippen molar-refractivity contribution < 1.29 is 27.2 Å². The van der Waals surface area contributed by atoms with Crippen LogP contribution in [0.2, 0.25) is 0 Å². The van der Waals surface area contributed by atoms with Gasteiger partial charge in [-0.3, -0.25) is 0 Å². The molecule has 0 saturated heterocycles. The van der Waals surface area contributed by atoms with Gasteiger partial charge in [0.25, 0.3) is 0 Å². The number of alkyl carbamates (subject to hydrolysis) is 1. The summed E-state index contributed by atoms with van der Waals surface area (Å²) in [5.74, 6) is 0. The summed E-state index contributed by atoms with van der Waals surface area (Å²) in [5, 5.41) is 2.69. The summed E-state index contributed by atoms with van der Waals surface area (Å²) in [4.78, 5) is 11.2. The lowest BCUT2D eigenvalue weighted by Crippen LogP contribution is -2.56. The first kappa shape index (κ1) is 22.3. The van der Waals surface area contributed by atoms with Gasteiger partial charge in [-0.15, -0.1) is 0 Å². The molecule has 0 aliphatic carbocycles. The SMILES string of the molecule is CCO[Si](OCC)(OCC)OC(CC)(CC)CCNC(=O)OC. The van der Waals surface area contributed by atoms with Gasteiger partial charge in [0.05, 0.1) is 12.7 Å². The molecule has 0 heterocycles. The molecule has 0 aromatic rings. The highest BCUT2D eigenvalue weighted by Crippen LogP contribution is 2.30. The zero-order valence-electron chi connectivity index (χ0n) is 15.4. The molecule has 0 radical (unpaired) electrons. The molecule has 8 heteroatoms. The normalized spacial score (nSPS) is 12.3. The van der Waals surface area contributed by atoms with E-state index < -0.39 is 20.7 Å². The van der Waals surface area contributed by atoms with E-state index in [1.54, 1.807) is 0 Å². The number of amides is 1. The molecule has 0 aliphatic heterocycles. The van der Waals surface area contributed by atoms with Gasteiger partial charge in [0, 0.05) is 26.4 Å². The van der Waals surface area contributed by atoms with Crippen LogP contribution in [0.25, 0.3) is 0 Å². The van der Waals surface area contributed by atoms with Crippen molar-refractivity contribution in [1.29, 1.82) is 0 Å². The van der Waals surface area contributed by atoms with Crippen LogP contribution in [0.3, 0.4) is 0 Å². The highest BCUT2D eigenvalue weighted by atomic mass is 28.4. The molecule has 0 bridgehead atoms. The minimum absolute atomic E-state index is 0.448. The number of rotatable bonds is 13. The predicted molar refractivity (Wildman–Crippen MR) is 90.1 cm³/mol. The second kappa shape index (κ2) is 11.8. The highest BCUT2D eigenvalue weighted by molar-refractivity contribution is 6.53. The molecule has 23 heavy (non-hydrogen) atoms. The Morgan fingerprint density at radius 1 is 0.957 bits per heavy atom. The van der Waals surface area contributed by atoms with Crippen molar-refractivity contribution in [2.45, 2.75) is 59.5 Å². The summed E-state index contributed by atoms with van der Waals surface area (Å²) in [6.45, 7) is 11.6. The van der Waals surface area contributed by atoms with E-state index >= 15 is 0 Å². The van der Waals surface area contributed by atoms with Gasteiger partial charge in [-0.05, 0) is 40.0 Å². The molecule has 0 aromatic carbocycles. The molecule has 0 aromatic heterocycles. The molecular weight excluding hydrogens is 318 g/mol. The smallest absolute Gasteiger partial charge is 0.453 e. The number of nitrogens with one attached hydrogen (secondary N) is 1. The predicted octanol–water partition coefficient (Wildman–Crippen LogP) is 2.85. The number of carbonyl (C=O) groups is 1. The van der Waals surface area contributed by atoms with E-state index in [1.807, 2.05) is 34.6 Å². The minimum atomic E-state index is -3.20. The monoisotopic (exact) mass is 351 g/mol. The van der Waals surface area contributed by atoms with Gasteiger partial charge in [0.2, 0.25) is 0 Å². The van der Waals surface area contributed by atoms with E-state index in [4.69, 9.17) is 17.7 Å². The second-order valence-corrected chi connectivity index (χ2v) is 7.03. The van der Waals surface area contributed by atoms with Crippen LogP contribution in [0.4, 0.5) is 4.79 Å². The van der Waals surface area contributed by atoms with Crippen molar-refractivity contribution in [2.24, 2.45) is 0 Å². The van der Waals surface area contributed by atoms with Crippen LogP contribution < -0.4 is 5.32 Å². The molecule has 0 rings (SSSR count). The quantitative estimate of drug-likeness (QED) is 0.514. The number of ether oxygens (including phenoxy) is 1. The molecule has 1 N–H and O–H groups in total. The summed E-state index contributed by atoms with van der Waals surface area (Å²) < 4.78 is 28.3. The summed E-state index contributed by atoms with van der Waals surface area (Å²) in [6, 6.07) is 0. The molecular formula is C15H33NO6Si. The van der Waals surface area contributed by atoms with Crippen LogP contribution in [0.1, 0.15) is 53.9 Å². The molecule has 1 amide bonds. The second-order valence-electron chi connectivity index (χ2n) is 4.96. The van der Waals surface area contributed by atoms with Crippen LogP contribution in [-0.4, -0.2) is 54.2 Å². The molecule has 138 valence electrons. The minimum Gasteiger partial charge on any atom is -0.453 e. The van der Waals surface area contributed by atoms with Crippen molar-refractivity contribution in [3.8, 4) is 0 Å². The van der Waals surface area contributed by atoms with Crippen LogP contribution in [0.5, 0.6) is 0 Å². The number of carbonyl (C=O) groups excluding carboxylic acids is 1. The average Bonchev–Trinajstić information content (AvgIpc) is 2.54. The third-order valence-corrected chi connectivity index (χ3v) is 6.24. The maximum absolute atomic E-state index is 11.2. The number of methoxy groups -OCH3 is 1. The Labute approximate surface area is 141 Å². The maximum atomic E-state index is 11.2. The van der Waals surface area contributed by atoms with Gasteiger partial charge in [0.1, 0.15) is 0 Å². The summed E-state index contributed by atoms with van der Waals surface area (Å²) in [5.41, 5.74) is -0.479. The van der Waals surface area contributed by atoms with Gasteiger partial charge in [-0.1, -0.05) is 13.8 Å². The van der Waals surface area contributed by atoms with Crippen molar-refractivity contribution in [2.75, 3.05) is 33.5 Å². The Kier molecular flexibility index (Phi) is 11.5. The van der Waals surface area contributed by atoms with Gasteiger partial charge < -0.3 is 27.8 Å². The fourth-order valence-corrected chi connectivity index (χ4v) is 4.68. The molecule has 0 spiro atoms. The molecule has 0 fully saturated rings. The lowest BCUT2D eigenvalue weighted by Gasteiger charge is -2.39. The van der Waals surface area contributed by atoms with Crippen molar-refractivity contribution in [3.63, 3.8) is 0 Å². The first-order chi connectivity index (χ1) is 11.0. The topological polar surface area (TPSA) is 75.3 Å². The van der Waals surface area contributed by atoms with Crippen LogP contribution >= 0.6 is 0 Å². The molecule has 0 aliphatic rings. The van der Waals surface area contributed by atoms with Gasteiger partial charge in [-0.2, -0.15) is 0 Å². The van der Waals surface area contributed by atoms with Crippen LogP contribution in [0, 0.1) is 0 Å². The van der Waals surface area contributed by atoms with E-state index in [1.165, 1.54) is 7.11 Å². The summed E-state index contributed by atoms with van der Waals surface area (Å²) in [6.07, 6.45) is 1.69. The van der Waals surface area contributed by atoms with E-state index in [0.29, 0.717) is 32.8 Å². The van der Waals surface area contributed by atoms with Gasteiger partial charge in [0.15, 0.2) is 0 Å². The van der Waals surface area contributed by atoms with Gasteiger partial charge >= 0.3 is 15.1 Å². The molecule has 7 nitrogen and oxygen atoms in total. The van der Waals surface area contributed by atoms with E-state index in [2.05, 4.69) is 10.1 Å². The Balaban J connectivity index is 5.09. The zero-order valence-corrected chi connectivity index (χ0v) is 16.4. The molecule has 0 saturated carbocycles. The van der Waals surface area contributed by atoms with Crippen LogP contribution in [0.15, 0.2) is 0 Å². The van der Waals surface area contributed by atoms with Crippen molar-refractivity contribution in [3.05, 3.63) is 0 Å². The number of hydrogen-bond donors (Lipinski definition) is 1. The van der Waals surface area contributed by atoms with Crippen molar-refractivity contribution in [1.82, 2.24) is 5.32 Å². The third-order valence-electron chi connectivity index (χ3n) is 3.63. The number of hydrogen-bond acceptors (Lipinski definition) is 6. The molecule has 0 atom stereocenters. The first-order valence-electron chi connectivity index (χ1n) is 8.40. The lowest BCUT2D eigenvalue weighted by molar-refractivity contribution is -0.0961. The Bertz CT molecular complexity index is 308. The van der Waals surface area contributed by atoms with E-state index in [-0.39, 0.29) is 0 Å². The average molecular weight is 352 g/mol. The summed E-state index contributed by atoms with van der Waals surface area (Å²) >= 11 is 0. The Hall–Kier alpha value is -0.673. The third kappa shape index (κ3) is 7.62. The van der Waals surface area contributed by atoms with Gasteiger partial charge in [-0.25, -0.2) is 4.79 Å². The summed E-state index contributed by atoms with van der Waals surface area (Å²) in [7, 11) is -1.86. The first-order valence-corrected chi connectivity index (χ1v) is 10.0. The zero-order chi connectivity index (χ0) is 17.8. The highest BCUT2D eigenvalue weighted by Gasteiger charge is 2.50. The molecule has 0 unspecified atom stereocenters. The maximum Gasteiger partial charge on any atom is 0.680 e. The largest absolute Gasteiger partial charge is 0.680 e. The van der Waals surface area contributed by atoms with Crippen LogP contribution in [-0.2, 0) is 22.4 Å². The Morgan fingerprint density at radius 2 is 1.43 bits per heavy atom. The lowest BCUT2D eigenvalue weighted by atomic mass is 9.93. The van der Waals surface area contributed by atoms with Crippen molar-refractivity contribution >= 4 is 15.1 Å². The standard InChI is InChI=1S/C15H33NO6Si/c1-7-15(8-2,12-13-16-14(17)18-6)22-23(19-9-3,20-10-4)21-11-5/h7-13H2,1-6H3,(H,16,17). The van der Waals surface area contributed by atoms with E-state index in [0.717, 1.165) is 12.8 Å². The fourth-order valence-electron chi connectivity index (χ4n) is 2.27. The Morgan fingerprint density at radius 3 is 1.78 bits per heavy atom. The fraction of sp³-hybridized carbons (Fsp3) is 0.933. The van der Waals surface area contributed by atoms with E-state index in [9.17, 15) is 4.79 Å².